The molecule has 0 spiro atoms. The third-order valence-corrected chi connectivity index (χ3v) is 0.748. The Hall–Kier alpha value is 0.960. The van der Waals surface area contributed by atoms with Gasteiger partial charge >= 0.3 is 29.6 Å². The second kappa shape index (κ2) is 10.0. The predicted octanol–water partition coefficient (Wildman–Crippen LogP) is -2.46. The summed E-state index contributed by atoms with van der Waals surface area (Å²) in [5, 5.41) is 9.69. The van der Waals surface area contributed by atoms with Gasteiger partial charge in [-0.3, -0.25) is 0 Å². The molecular weight excluding hydrogens is 99.0 g/mol. The first kappa shape index (κ1) is 10.9. The first-order valence-corrected chi connectivity index (χ1v) is 2.50. The van der Waals surface area contributed by atoms with Crippen molar-refractivity contribution in [2.24, 2.45) is 0 Å². The van der Waals surface area contributed by atoms with Crippen LogP contribution in [0.1, 0.15) is 26.2 Å². The smallest absolute Gasteiger partial charge is 0.854 e. The molecule has 0 saturated carbocycles. The summed E-state index contributed by atoms with van der Waals surface area (Å²) in [5.41, 5.74) is 0. The van der Waals surface area contributed by atoms with Crippen molar-refractivity contribution in [3.8, 4) is 0 Å². The van der Waals surface area contributed by atoms with Crippen LogP contribution in [0.2, 0.25) is 0 Å². The molecule has 0 N–H and O–H groups in total. The summed E-state index contributed by atoms with van der Waals surface area (Å²) < 4.78 is 0. The van der Waals surface area contributed by atoms with Crippen LogP contribution in [0.3, 0.4) is 0 Å². The first-order valence-electron chi connectivity index (χ1n) is 2.50. The molecule has 38 valence electrons. The topological polar surface area (TPSA) is 23.1 Å². The number of rotatable bonds is 3. The van der Waals surface area contributed by atoms with E-state index in [1.807, 2.05) is 0 Å². The largest absolute Gasteiger partial charge is 1.00 e. The number of hydrogen-bond donors (Lipinski definition) is 0. The van der Waals surface area contributed by atoms with E-state index in [1.165, 1.54) is 0 Å². The summed E-state index contributed by atoms with van der Waals surface area (Å²) in [5.74, 6) is 0. The quantitative estimate of drug-likeness (QED) is 0.292. The molecule has 0 bridgehead atoms. The second-order valence-corrected chi connectivity index (χ2v) is 1.41. The summed E-state index contributed by atoms with van der Waals surface area (Å²) in [7, 11) is 0. The molecule has 0 saturated heterocycles. The van der Waals surface area contributed by atoms with Crippen LogP contribution in [0.5, 0.6) is 0 Å². The normalized spacial score (nSPS) is 7.71. The molecule has 1 nitrogen and oxygen atoms in total. The third kappa shape index (κ3) is 10.9. The van der Waals surface area contributed by atoms with Gasteiger partial charge in [-0.2, -0.15) is 0 Å². The third-order valence-electron chi connectivity index (χ3n) is 0.748. The zero-order valence-corrected chi connectivity index (χ0v) is 7.24. The van der Waals surface area contributed by atoms with E-state index in [0.29, 0.717) is 0 Å². The van der Waals surface area contributed by atoms with Gasteiger partial charge in [0.1, 0.15) is 0 Å². The minimum Gasteiger partial charge on any atom is -0.854 e. The fourth-order valence-corrected chi connectivity index (χ4v) is 0.352. The van der Waals surface area contributed by atoms with E-state index in [-0.39, 0.29) is 36.2 Å². The molecule has 2 heteroatoms. The van der Waals surface area contributed by atoms with Gasteiger partial charge < -0.3 is 5.11 Å². The van der Waals surface area contributed by atoms with Gasteiger partial charge in [0, 0.05) is 0 Å². The Bertz CT molecular complexity index is 20.0. The van der Waals surface area contributed by atoms with E-state index < -0.39 is 0 Å². The van der Waals surface area contributed by atoms with Crippen molar-refractivity contribution in [2.75, 3.05) is 6.61 Å². The van der Waals surface area contributed by atoms with Crippen molar-refractivity contribution in [1.29, 1.82) is 0 Å². The van der Waals surface area contributed by atoms with Crippen molar-refractivity contribution in [1.82, 2.24) is 0 Å². The Morgan fingerprint density at radius 2 is 1.86 bits per heavy atom. The van der Waals surface area contributed by atoms with Crippen LogP contribution in [0.15, 0.2) is 0 Å². The Balaban J connectivity index is 0. The molecule has 0 fully saturated rings. The fourth-order valence-electron chi connectivity index (χ4n) is 0.352. The Labute approximate surface area is 67.4 Å². The standard InChI is InChI=1S/C5H11O.Na/c1-2-3-4-5-6;/h2-5H2,1H3;/q-1;+1. The maximum atomic E-state index is 9.69. The predicted molar refractivity (Wildman–Crippen MR) is 24.4 cm³/mol. The molecule has 0 aromatic carbocycles. The Kier molecular flexibility index (Phi) is 15.6. The molecule has 0 aromatic heterocycles. The molecule has 0 amide bonds. The Morgan fingerprint density at radius 3 is 2.00 bits per heavy atom. The molecule has 0 heterocycles. The summed E-state index contributed by atoms with van der Waals surface area (Å²) in [4.78, 5) is 0. The van der Waals surface area contributed by atoms with Crippen molar-refractivity contribution >= 4 is 0 Å². The van der Waals surface area contributed by atoms with E-state index in [1.54, 1.807) is 0 Å². The summed E-state index contributed by atoms with van der Waals surface area (Å²) in [6.45, 7) is 2.20. The minimum absolute atomic E-state index is 0. The van der Waals surface area contributed by atoms with Crippen LogP contribution < -0.4 is 34.7 Å². The second-order valence-electron chi connectivity index (χ2n) is 1.41. The van der Waals surface area contributed by atoms with Crippen LogP contribution in [0, 0.1) is 0 Å². The molecule has 0 aliphatic carbocycles. The van der Waals surface area contributed by atoms with Crippen molar-refractivity contribution < 1.29 is 34.7 Å². The zero-order valence-electron chi connectivity index (χ0n) is 5.24. The van der Waals surface area contributed by atoms with Crippen LogP contribution in [0.25, 0.3) is 0 Å². The van der Waals surface area contributed by atoms with Crippen molar-refractivity contribution in [3.63, 3.8) is 0 Å². The summed E-state index contributed by atoms with van der Waals surface area (Å²) in [6, 6.07) is 0. The van der Waals surface area contributed by atoms with Gasteiger partial charge in [-0.25, -0.2) is 0 Å². The molecule has 0 radical (unpaired) electrons. The monoisotopic (exact) mass is 110 g/mol. The maximum absolute atomic E-state index is 9.69. The van der Waals surface area contributed by atoms with Gasteiger partial charge in [0.25, 0.3) is 0 Å². The summed E-state index contributed by atoms with van der Waals surface area (Å²) in [6.07, 6.45) is 3.11. The Morgan fingerprint density at radius 1 is 1.29 bits per heavy atom. The van der Waals surface area contributed by atoms with Gasteiger partial charge in [0.15, 0.2) is 0 Å². The van der Waals surface area contributed by atoms with E-state index in [4.69, 9.17) is 0 Å². The van der Waals surface area contributed by atoms with E-state index in [2.05, 4.69) is 6.92 Å². The van der Waals surface area contributed by atoms with Gasteiger partial charge in [0.05, 0.1) is 0 Å². The van der Waals surface area contributed by atoms with Gasteiger partial charge in [-0.05, 0) is 0 Å². The van der Waals surface area contributed by atoms with Crippen LogP contribution in [-0.2, 0) is 0 Å². The van der Waals surface area contributed by atoms with Crippen molar-refractivity contribution in [2.45, 2.75) is 26.2 Å². The van der Waals surface area contributed by atoms with E-state index >= 15 is 0 Å². The molecule has 0 aliphatic heterocycles. The van der Waals surface area contributed by atoms with Crippen LogP contribution in [0.4, 0.5) is 0 Å². The molecule has 0 aromatic rings. The molecular formula is C5H11NaO. The molecule has 0 aliphatic rings. The van der Waals surface area contributed by atoms with Gasteiger partial charge in [-0.1, -0.05) is 26.2 Å². The zero-order chi connectivity index (χ0) is 4.83. The van der Waals surface area contributed by atoms with E-state index in [9.17, 15) is 5.11 Å². The van der Waals surface area contributed by atoms with Crippen molar-refractivity contribution in [3.05, 3.63) is 0 Å². The number of unbranched alkanes of at least 4 members (excludes halogenated alkanes) is 2. The maximum Gasteiger partial charge on any atom is 1.00 e. The molecule has 0 unspecified atom stereocenters. The molecule has 7 heavy (non-hydrogen) atoms. The fraction of sp³-hybridized carbons (Fsp3) is 1.00. The average molecular weight is 110 g/mol. The first-order chi connectivity index (χ1) is 2.91. The SMILES string of the molecule is CCCCC[O-].[Na+]. The van der Waals surface area contributed by atoms with Gasteiger partial charge in [0.2, 0.25) is 0 Å². The number of hydrogen-bond acceptors (Lipinski definition) is 1. The van der Waals surface area contributed by atoms with Gasteiger partial charge in [-0.15, -0.1) is 6.61 Å². The summed E-state index contributed by atoms with van der Waals surface area (Å²) >= 11 is 0. The van der Waals surface area contributed by atoms with Crippen LogP contribution >= 0.6 is 0 Å². The van der Waals surface area contributed by atoms with E-state index in [0.717, 1.165) is 19.3 Å². The average Bonchev–Trinajstić information content (AvgIpc) is 1.61. The van der Waals surface area contributed by atoms with Crippen LogP contribution in [-0.4, -0.2) is 6.61 Å². The molecule has 0 rings (SSSR count). The minimum atomic E-state index is 0. The molecule has 0 atom stereocenters.